The van der Waals surface area contributed by atoms with E-state index in [0.717, 1.165) is 11.3 Å². The van der Waals surface area contributed by atoms with E-state index in [4.69, 9.17) is 12.8 Å². The number of carbonyl (C=O) groups is 1. The molecule has 1 N–H and O–H groups in total. The molecule has 0 spiro atoms. The number of terminal acetylenes is 2. The first kappa shape index (κ1) is 10.9. The third-order valence-corrected chi connectivity index (χ3v) is 1.83. The standard InChI is InChI=1S/C13H11NO/c1-3-5-6-13(15)14-12-9-7-11(4-2)8-10-12/h1-2,7-10H,5-6H2,(H,14,15). The zero-order valence-corrected chi connectivity index (χ0v) is 8.29. The maximum Gasteiger partial charge on any atom is 0.225 e. The molecule has 15 heavy (non-hydrogen) atoms. The van der Waals surface area contributed by atoms with Crippen LogP contribution < -0.4 is 5.32 Å². The molecule has 0 aromatic heterocycles. The highest BCUT2D eigenvalue weighted by Gasteiger charge is 2.00. The van der Waals surface area contributed by atoms with Crippen molar-refractivity contribution in [2.45, 2.75) is 12.8 Å². The summed E-state index contributed by atoms with van der Waals surface area (Å²) in [6.45, 7) is 0. The number of amides is 1. The lowest BCUT2D eigenvalue weighted by molar-refractivity contribution is -0.116. The quantitative estimate of drug-likeness (QED) is 0.738. The molecule has 1 rings (SSSR count). The smallest absolute Gasteiger partial charge is 0.225 e. The first-order valence-electron chi connectivity index (χ1n) is 4.56. The second-order valence-corrected chi connectivity index (χ2v) is 2.97. The monoisotopic (exact) mass is 197 g/mol. The van der Waals surface area contributed by atoms with Gasteiger partial charge in [0.05, 0.1) is 0 Å². The fourth-order valence-electron chi connectivity index (χ4n) is 1.06. The zero-order valence-electron chi connectivity index (χ0n) is 8.29. The van der Waals surface area contributed by atoms with Crippen molar-refractivity contribution in [2.75, 3.05) is 5.32 Å². The van der Waals surface area contributed by atoms with Gasteiger partial charge in [-0.05, 0) is 24.3 Å². The van der Waals surface area contributed by atoms with Crippen molar-refractivity contribution in [2.24, 2.45) is 0 Å². The summed E-state index contributed by atoms with van der Waals surface area (Å²) in [6.07, 6.45) is 11.1. The van der Waals surface area contributed by atoms with Gasteiger partial charge in [-0.15, -0.1) is 18.8 Å². The molecular formula is C13H11NO. The van der Waals surface area contributed by atoms with Crippen LogP contribution in [0.1, 0.15) is 18.4 Å². The maximum atomic E-state index is 11.3. The Labute approximate surface area is 89.7 Å². The van der Waals surface area contributed by atoms with E-state index in [1.54, 1.807) is 24.3 Å². The Morgan fingerprint density at radius 1 is 1.27 bits per heavy atom. The Morgan fingerprint density at radius 3 is 2.47 bits per heavy atom. The molecule has 0 unspecified atom stereocenters. The van der Waals surface area contributed by atoms with E-state index >= 15 is 0 Å². The first-order valence-corrected chi connectivity index (χ1v) is 4.56. The summed E-state index contributed by atoms with van der Waals surface area (Å²) in [5.74, 6) is 4.84. The number of rotatable bonds is 3. The van der Waals surface area contributed by atoms with Crippen LogP contribution in [0.15, 0.2) is 24.3 Å². The van der Waals surface area contributed by atoms with Gasteiger partial charge in [-0.2, -0.15) is 0 Å². The minimum absolute atomic E-state index is 0.0820. The fourth-order valence-corrected chi connectivity index (χ4v) is 1.06. The van der Waals surface area contributed by atoms with Crippen molar-refractivity contribution in [3.8, 4) is 24.7 Å². The number of nitrogens with one attached hydrogen (secondary N) is 1. The van der Waals surface area contributed by atoms with Crippen molar-refractivity contribution < 1.29 is 4.79 Å². The average molecular weight is 197 g/mol. The highest BCUT2D eigenvalue weighted by molar-refractivity contribution is 5.90. The second-order valence-electron chi connectivity index (χ2n) is 2.97. The van der Waals surface area contributed by atoms with Crippen molar-refractivity contribution in [1.29, 1.82) is 0 Å². The molecule has 1 aromatic rings. The Bertz CT molecular complexity index is 417. The number of benzene rings is 1. The van der Waals surface area contributed by atoms with Crippen LogP contribution in [-0.2, 0) is 4.79 Å². The van der Waals surface area contributed by atoms with Crippen molar-refractivity contribution in [3.05, 3.63) is 29.8 Å². The van der Waals surface area contributed by atoms with Crippen LogP contribution in [0.25, 0.3) is 0 Å². The molecule has 2 heteroatoms. The molecule has 0 heterocycles. The van der Waals surface area contributed by atoms with E-state index in [2.05, 4.69) is 17.2 Å². The summed E-state index contributed by atoms with van der Waals surface area (Å²) in [5, 5.41) is 2.72. The van der Waals surface area contributed by atoms with Gasteiger partial charge >= 0.3 is 0 Å². The highest BCUT2D eigenvalue weighted by Crippen LogP contribution is 2.09. The Hall–Kier alpha value is -2.19. The molecule has 0 atom stereocenters. The molecule has 0 bridgehead atoms. The Kier molecular flexibility index (Phi) is 4.01. The lowest BCUT2D eigenvalue weighted by Gasteiger charge is -2.03. The van der Waals surface area contributed by atoms with Crippen LogP contribution in [0.5, 0.6) is 0 Å². The predicted octanol–water partition coefficient (Wildman–Crippen LogP) is 2.02. The van der Waals surface area contributed by atoms with Gasteiger partial charge in [0.25, 0.3) is 0 Å². The third kappa shape index (κ3) is 3.58. The minimum Gasteiger partial charge on any atom is -0.326 e. The lowest BCUT2D eigenvalue weighted by Crippen LogP contribution is -2.10. The summed E-state index contributed by atoms with van der Waals surface area (Å²) in [7, 11) is 0. The van der Waals surface area contributed by atoms with Gasteiger partial charge in [0.2, 0.25) is 5.91 Å². The van der Waals surface area contributed by atoms with Crippen molar-refractivity contribution in [3.63, 3.8) is 0 Å². The Balaban J connectivity index is 2.55. The van der Waals surface area contributed by atoms with Crippen LogP contribution >= 0.6 is 0 Å². The van der Waals surface area contributed by atoms with Gasteiger partial charge < -0.3 is 5.32 Å². The zero-order chi connectivity index (χ0) is 11.1. The highest BCUT2D eigenvalue weighted by atomic mass is 16.1. The number of anilines is 1. The van der Waals surface area contributed by atoms with E-state index in [1.165, 1.54) is 0 Å². The molecule has 0 saturated carbocycles. The molecule has 0 aliphatic rings. The van der Waals surface area contributed by atoms with E-state index in [0.29, 0.717) is 12.8 Å². The molecule has 0 aliphatic heterocycles. The summed E-state index contributed by atoms with van der Waals surface area (Å²) in [4.78, 5) is 11.3. The van der Waals surface area contributed by atoms with E-state index in [9.17, 15) is 4.79 Å². The molecule has 0 saturated heterocycles. The summed E-state index contributed by atoms with van der Waals surface area (Å²) < 4.78 is 0. The molecule has 1 aromatic carbocycles. The Morgan fingerprint density at radius 2 is 1.93 bits per heavy atom. The fraction of sp³-hybridized carbons (Fsp3) is 0.154. The molecule has 74 valence electrons. The predicted molar refractivity (Wildman–Crippen MR) is 61.1 cm³/mol. The van der Waals surface area contributed by atoms with Crippen LogP contribution in [0.4, 0.5) is 5.69 Å². The van der Waals surface area contributed by atoms with E-state index in [1.807, 2.05) is 0 Å². The van der Waals surface area contributed by atoms with Gasteiger partial charge in [0.15, 0.2) is 0 Å². The molecule has 0 radical (unpaired) electrons. The van der Waals surface area contributed by atoms with E-state index < -0.39 is 0 Å². The van der Waals surface area contributed by atoms with Crippen LogP contribution in [0.2, 0.25) is 0 Å². The SMILES string of the molecule is C#CCCC(=O)Nc1ccc(C#C)cc1. The molecular weight excluding hydrogens is 186 g/mol. The normalized spacial score (nSPS) is 8.67. The topological polar surface area (TPSA) is 29.1 Å². The second kappa shape index (κ2) is 5.52. The van der Waals surface area contributed by atoms with Gasteiger partial charge in [-0.25, -0.2) is 0 Å². The molecule has 0 fully saturated rings. The van der Waals surface area contributed by atoms with Gasteiger partial charge in [0, 0.05) is 24.1 Å². The maximum absolute atomic E-state index is 11.3. The molecule has 1 amide bonds. The molecule has 2 nitrogen and oxygen atoms in total. The van der Waals surface area contributed by atoms with Gasteiger partial charge in [-0.3, -0.25) is 4.79 Å². The van der Waals surface area contributed by atoms with Gasteiger partial charge in [0.1, 0.15) is 0 Å². The van der Waals surface area contributed by atoms with E-state index in [-0.39, 0.29) is 5.91 Å². The van der Waals surface area contributed by atoms with Crippen molar-refractivity contribution >= 4 is 11.6 Å². The summed E-state index contributed by atoms with van der Waals surface area (Å²) in [5.41, 5.74) is 1.52. The van der Waals surface area contributed by atoms with Crippen molar-refractivity contribution in [1.82, 2.24) is 0 Å². The summed E-state index contributed by atoms with van der Waals surface area (Å²) in [6, 6.07) is 7.08. The lowest BCUT2D eigenvalue weighted by atomic mass is 10.2. The third-order valence-electron chi connectivity index (χ3n) is 1.83. The minimum atomic E-state index is -0.0820. The van der Waals surface area contributed by atoms with Gasteiger partial charge in [-0.1, -0.05) is 5.92 Å². The number of hydrogen-bond donors (Lipinski definition) is 1. The largest absolute Gasteiger partial charge is 0.326 e. The summed E-state index contributed by atoms with van der Waals surface area (Å²) >= 11 is 0. The van der Waals surface area contributed by atoms with Crippen LogP contribution in [-0.4, -0.2) is 5.91 Å². The number of hydrogen-bond acceptors (Lipinski definition) is 1. The average Bonchev–Trinajstić information content (AvgIpc) is 2.27. The molecule has 0 aliphatic carbocycles. The first-order chi connectivity index (χ1) is 7.26. The van der Waals surface area contributed by atoms with Crippen LogP contribution in [0, 0.1) is 24.7 Å². The number of carbonyl (C=O) groups excluding carboxylic acids is 1. The van der Waals surface area contributed by atoms with Crippen LogP contribution in [0.3, 0.4) is 0 Å².